The molecule has 0 aromatic rings. The minimum atomic E-state index is -0.201. The fourth-order valence-corrected chi connectivity index (χ4v) is 2.46. The van der Waals surface area contributed by atoms with Gasteiger partial charge in [0.15, 0.2) is 0 Å². The van der Waals surface area contributed by atoms with Crippen LogP contribution in [0.4, 0.5) is 0 Å². The Labute approximate surface area is 101 Å². The maximum Gasteiger partial charge on any atom is 0.225 e. The molecule has 0 spiro atoms. The maximum atomic E-state index is 11.9. The van der Waals surface area contributed by atoms with Crippen molar-refractivity contribution in [2.45, 2.75) is 44.8 Å². The van der Waals surface area contributed by atoms with Crippen molar-refractivity contribution in [3.05, 3.63) is 0 Å². The van der Waals surface area contributed by atoms with Crippen LogP contribution in [0.25, 0.3) is 0 Å². The number of nitrogens with one attached hydrogen (secondary N) is 2. The monoisotopic (exact) mass is 240 g/mol. The molecule has 2 heterocycles. The summed E-state index contributed by atoms with van der Waals surface area (Å²) in [4.78, 5) is 23.0. The third-order valence-electron chi connectivity index (χ3n) is 3.39. The zero-order valence-corrected chi connectivity index (χ0v) is 10.4. The van der Waals surface area contributed by atoms with Crippen molar-refractivity contribution in [1.82, 2.24) is 10.6 Å². The number of ether oxygens (including phenoxy) is 1. The van der Waals surface area contributed by atoms with Crippen molar-refractivity contribution >= 4 is 11.8 Å². The van der Waals surface area contributed by atoms with Gasteiger partial charge < -0.3 is 15.4 Å². The molecule has 0 aliphatic carbocycles. The van der Waals surface area contributed by atoms with Crippen LogP contribution in [0, 0.1) is 5.92 Å². The van der Waals surface area contributed by atoms with Gasteiger partial charge in [-0.05, 0) is 26.7 Å². The molecule has 0 saturated carbocycles. The maximum absolute atomic E-state index is 11.9. The summed E-state index contributed by atoms with van der Waals surface area (Å²) in [6, 6.07) is 0.168. The van der Waals surface area contributed by atoms with E-state index in [-0.39, 0.29) is 29.4 Å². The topological polar surface area (TPSA) is 67.4 Å². The van der Waals surface area contributed by atoms with Crippen molar-refractivity contribution in [3.63, 3.8) is 0 Å². The Morgan fingerprint density at radius 2 is 2.29 bits per heavy atom. The summed E-state index contributed by atoms with van der Waals surface area (Å²) in [5.41, 5.74) is -0.167. The SMILES string of the molecule is CC1(C)CC(NC(=O)C2CNC(=O)C2)CCO1. The molecule has 2 fully saturated rings. The van der Waals surface area contributed by atoms with Gasteiger partial charge in [-0.25, -0.2) is 0 Å². The molecule has 2 N–H and O–H groups in total. The summed E-state index contributed by atoms with van der Waals surface area (Å²) < 4.78 is 5.60. The molecule has 2 aliphatic heterocycles. The van der Waals surface area contributed by atoms with E-state index in [1.807, 2.05) is 13.8 Å². The largest absolute Gasteiger partial charge is 0.375 e. The number of hydrogen-bond acceptors (Lipinski definition) is 3. The smallest absolute Gasteiger partial charge is 0.225 e. The summed E-state index contributed by atoms with van der Waals surface area (Å²) in [6.45, 7) is 5.22. The lowest BCUT2D eigenvalue weighted by Crippen LogP contribution is -2.47. The van der Waals surface area contributed by atoms with E-state index in [0.717, 1.165) is 12.8 Å². The molecular formula is C12H20N2O3. The molecule has 2 amide bonds. The summed E-state index contributed by atoms with van der Waals surface area (Å²) in [7, 11) is 0. The van der Waals surface area contributed by atoms with Gasteiger partial charge in [-0.3, -0.25) is 9.59 Å². The highest BCUT2D eigenvalue weighted by atomic mass is 16.5. The van der Waals surface area contributed by atoms with Crippen LogP contribution in [0.1, 0.15) is 33.1 Å². The van der Waals surface area contributed by atoms with E-state index in [1.54, 1.807) is 0 Å². The van der Waals surface area contributed by atoms with E-state index in [9.17, 15) is 9.59 Å². The van der Waals surface area contributed by atoms with Crippen LogP contribution >= 0.6 is 0 Å². The minimum Gasteiger partial charge on any atom is -0.375 e. The summed E-state index contributed by atoms with van der Waals surface area (Å²) in [5, 5.41) is 5.71. The third kappa shape index (κ3) is 3.19. The van der Waals surface area contributed by atoms with E-state index in [2.05, 4.69) is 10.6 Å². The summed E-state index contributed by atoms with van der Waals surface area (Å²) in [6.07, 6.45) is 1.99. The Hall–Kier alpha value is -1.10. The number of rotatable bonds is 2. The average molecular weight is 240 g/mol. The van der Waals surface area contributed by atoms with Gasteiger partial charge in [0.2, 0.25) is 11.8 Å². The van der Waals surface area contributed by atoms with Gasteiger partial charge in [-0.1, -0.05) is 0 Å². The molecule has 2 unspecified atom stereocenters. The first-order valence-electron chi connectivity index (χ1n) is 6.17. The zero-order chi connectivity index (χ0) is 12.5. The molecule has 5 nitrogen and oxygen atoms in total. The van der Waals surface area contributed by atoms with Gasteiger partial charge >= 0.3 is 0 Å². The normalized spacial score (nSPS) is 32.0. The van der Waals surface area contributed by atoms with E-state index >= 15 is 0 Å². The van der Waals surface area contributed by atoms with Crippen molar-refractivity contribution in [1.29, 1.82) is 0 Å². The van der Waals surface area contributed by atoms with Gasteiger partial charge in [0.1, 0.15) is 0 Å². The van der Waals surface area contributed by atoms with Crippen molar-refractivity contribution in [2.24, 2.45) is 5.92 Å². The van der Waals surface area contributed by atoms with Crippen molar-refractivity contribution in [2.75, 3.05) is 13.2 Å². The van der Waals surface area contributed by atoms with E-state index in [1.165, 1.54) is 0 Å². The predicted octanol–water partition coefficient (Wildman–Crippen LogP) is 0.196. The Balaban J connectivity index is 1.84. The predicted molar refractivity (Wildman–Crippen MR) is 62.3 cm³/mol. The van der Waals surface area contributed by atoms with Crippen molar-refractivity contribution in [3.8, 4) is 0 Å². The molecule has 0 bridgehead atoms. The molecule has 17 heavy (non-hydrogen) atoms. The van der Waals surface area contributed by atoms with Gasteiger partial charge in [0.05, 0.1) is 11.5 Å². The van der Waals surface area contributed by atoms with Gasteiger partial charge in [0, 0.05) is 25.6 Å². The van der Waals surface area contributed by atoms with E-state index in [0.29, 0.717) is 19.6 Å². The molecular weight excluding hydrogens is 220 g/mol. The number of amides is 2. The minimum absolute atomic E-state index is 0.00829. The van der Waals surface area contributed by atoms with Crippen LogP contribution in [0.15, 0.2) is 0 Å². The van der Waals surface area contributed by atoms with Gasteiger partial charge in [0.25, 0.3) is 0 Å². The number of carbonyl (C=O) groups is 2. The number of hydrogen-bond donors (Lipinski definition) is 2. The number of carbonyl (C=O) groups excluding carboxylic acids is 2. The molecule has 0 radical (unpaired) electrons. The van der Waals surface area contributed by atoms with Crippen LogP contribution < -0.4 is 10.6 Å². The standard InChI is InChI=1S/C12H20N2O3/c1-12(2)6-9(3-4-17-12)14-11(16)8-5-10(15)13-7-8/h8-9H,3-7H2,1-2H3,(H,13,15)(H,14,16). The average Bonchev–Trinajstić information content (AvgIpc) is 2.63. The highest BCUT2D eigenvalue weighted by Crippen LogP contribution is 2.24. The first-order chi connectivity index (χ1) is 7.96. The first kappa shape index (κ1) is 12.4. The van der Waals surface area contributed by atoms with Crippen LogP contribution in [0.5, 0.6) is 0 Å². The van der Waals surface area contributed by atoms with E-state index < -0.39 is 0 Å². The Morgan fingerprint density at radius 1 is 1.53 bits per heavy atom. The second kappa shape index (κ2) is 4.64. The van der Waals surface area contributed by atoms with Gasteiger partial charge in [-0.2, -0.15) is 0 Å². The van der Waals surface area contributed by atoms with Crippen LogP contribution in [-0.2, 0) is 14.3 Å². The third-order valence-corrected chi connectivity index (χ3v) is 3.39. The van der Waals surface area contributed by atoms with Gasteiger partial charge in [-0.15, -0.1) is 0 Å². The Kier molecular flexibility index (Phi) is 3.38. The molecule has 96 valence electrons. The summed E-state index contributed by atoms with van der Waals surface area (Å²) >= 11 is 0. The summed E-state index contributed by atoms with van der Waals surface area (Å²) in [5.74, 6) is -0.239. The fourth-order valence-electron chi connectivity index (χ4n) is 2.46. The Bertz CT molecular complexity index is 328. The van der Waals surface area contributed by atoms with Crippen LogP contribution in [0.2, 0.25) is 0 Å². The lowest BCUT2D eigenvalue weighted by molar-refractivity contribution is -0.129. The Morgan fingerprint density at radius 3 is 2.88 bits per heavy atom. The van der Waals surface area contributed by atoms with Crippen molar-refractivity contribution < 1.29 is 14.3 Å². The molecule has 2 atom stereocenters. The van der Waals surface area contributed by atoms with Crippen LogP contribution in [-0.4, -0.2) is 36.6 Å². The lowest BCUT2D eigenvalue weighted by Gasteiger charge is -2.36. The highest BCUT2D eigenvalue weighted by Gasteiger charge is 2.33. The highest BCUT2D eigenvalue weighted by molar-refractivity contribution is 5.89. The zero-order valence-electron chi connectivity index (χ0n) is 10.4. The van der Waals surface area contributed by atoms with E-state index in [4.69, 9.17) is 4.74 Å². The second-order valence-electron chi connectivity index (χ2n) is 5.51. The van der Waals surface area contributed by atoms with Crippen LogP contribution in [0.3, 0.4) is 0 Å². The lowest BCUT2D eigenvalue weighted by atomic mass is 9.93. The molecule has 5 heteroatoms. The molecule has 2 saturated heterocycles. The molecule has 2 rings (SSSR count). The fraction of sp³-hybridized carbons (Fsp3) is 0.833. The quantitative estimate of drug-likeness (QED) is 0.724. The molecule has 0 aromatic heterocycles. The first-order valence-corrected chi connectivity index (χ1v) is 6.17. The molecule has 0 aromatic carbocycles. The second-order valence-corrected chi connectivity index (χ2v) is 5.51. The molecule has 2 aliphatic rings.